The van der Waals surface area contributed by atoms with Crippen molar-refractivity contribution in [3.05, 3.63) is 0 Å². The van der Waals surface area contributed by atoms with Gasteiger partial charge < -0.3 is 50.7 Å². The van der Waals surface area contributed by atoms with Crippen molar-refractivity contribution >= 4 is 39.3 Å². The van der Waals surface area contributed by atoms with Gasteiger partial charge in [-0.15, -0.1) is 0 Å². The van der Waals surface area contributed by atoms with Crippen LogP contribution in [0.25, 0.3) is 0 Å². The van der Waals surface area contributed by atoms with Crippen molar-refractivity contribution in [1.29, 1.82) is 0 Å². The van der Waals surface area contributed by atoms with Crippen LogP contribution in [0.15, 0.2) is 0 Å². The Morgan fingerprint density at radius 1 is 0.361 bits per heavy atom. The summed E-state index contributed by atoms with van der Waals surface area (Å²) in [6.07, 6.45) is 37.3. The number of carbonyl (C=O) groups excluding carboxylic acids is 4. The van der Waals surface area contributed by atoms with E-state index in [2.05, 4.69) is 49.0 Å². The monoisotopic (exact) mass is 1230 g/mol. The number of hydrogen-bond acceptors (Lipinski definition) is 14. The van der Waals surface area contributed by atoms with Crippen LogP contribution in [-0.4, -0.2) is 134 Å². The van der Waals surface area contributed by atoms with Crippen LogP contribution < -0.4 is 21.3 Å². The average molecular weight is 1230 g/mol. The van der Waals surface area contributed by atoms with Gasteiger partial charge in [-0.2, -0.15) is 0 Å². The number of amides is 4. The molecule has 0 aliphatic heterocycles. The molecule has 6 atom stereocenters. The first-order chi connectivity index (χ1) is 40.1. The zero-order chi connectivity index (χ0) is 61.3. The number of aliphatic hydroxyl groups is 2. The molecule has 492 valence electrons. The number of hydrogen-bond donors (Lipinski definition) is 8. The predicted molar refractivity (Wildman–Crippen MR) is 330 cm³/mol. The topological polar surface area (TPSA) is 287 Å². The van der Waals surface area contributed by atoms with Crippen LogP contribution in [0.4, 0.5) is 0 Å². The van der Waals surface area contributed by atoms with Gasteiger partial charge in [0.15, 0.2) is 0 Å². The lowest BCUT2D eigenvalue weighted by Gasteiger charge is -2.21. The van der Waals surface area contributed by atoms with E-state index in [0.717, 1.165) is 89.9 Å². The van der Waals surface area contributed by atoms with Crippen LogP contribution in [0.1, 0.15) is 278 Å². The zero-order valence-electron chi connectivity index (χ0n) is 52.5. The second-order valence-electron chi connectivity index (χ2n) is 22.6. The second-order valence-corrected chi connectivity index (χ2v) is 25.5. The fourth-order valence-corrected chi connectivity index (χ4v) is 10.9. The third kappa shape index (κ3) is 57.4. The van der Waals surface area contributed by atoms with Crippen LogP contribution in [0.5, 0.6) is 0 Å². The minimum absolute atomic E-state index is 0.0195. The molecular weight excluding hydrogens is 1110 g/mol. The number of rotatable bonds is 64. The number of ether oxygens (including phenoxy) is 2. The lowest BCUT2D eigenvalue weighted by molar-refractivity contribution is -0.129. The first-order valence-electron chi connectivity index (χ1n) is 32.9. The van der Waals surface area contributed by atoms with E-state index in [4.69, 9.17) is 27.6 Å². The summed E-state index contributed by atoms with van der Waals surface area (Å²) in [4.78, 5) is 71.6. The summed E-state index contributed by atoms with van der Waals surface area (Å²) in [7, 11) is -9.31. The fraction of sp³-hybridized carbons (Fsp3) is 0.934. The number of phosphoric acid groups is 2. The van der Waals surface area contributed by atoms with Gasteiger partial charge in [0.1, 0.15) is 6.42 Å². The van der Waals surface area contributed by atoms with Crippen LogP contribution >= 0.6 is 15.6 Å². The molecule has 4 amide bonds. The standard InChI is InChI=1S/C61H122N4O16P2/c1-5-9-13-17-19-21-23-25-27-31-35-39-58(68)64-54(50-76-45-41-56(66)37-33-29-15-11-7-3)52-80-82(72,73)78-47-43-62-60(70)49-61(71)63-44-48-79-83(74,75)81-53-55(51-77-46-42-57(67)38-34-30-16-12-8-4)65-59(69)40-36-32-28-26-24-22-20-18-14-10-6-2/h54-57,66-67H,5-53H2,1-4H3,(H,62,70)(H,63,71)(H,64,68)(H,65,69)(H,72,73)(H,74,75)/t54-,55-,56+,57+/m0/s1. The predicted octanol–water partition coefficient (Wildman–Crippen LogP) is 12.5. The maximum Gasteiger partial charge on any atom is 0.472 e. The molecule has 83 heavy (non-hydrogen) atoms. The molecule has 0 bridgehead atoms. The van der Waals surface area contributed by atoms with Gasteiger partial charge in [0.2, 0.25) is 23.6 Å². The van der Waals surface area contributed by atoms with Gasteiger partial charge >= 0.3 is 15.6 Å². The Balaban J connectivity index is 4.89. The number of unbranched alkanes of at least 4 members (excludes halogenated alkanes) is 28. The highest BCUT2D eigenvalue weighted by molar-refractivity contribution is 7.47. The van der Waals surface area contributed by atoms with E-state index in [9.17, 15) is 48.3 Å². The molecule has 0 rings (SSSR count). The third-order valence-electron chi connectivity index (χ3n) is 14.4. The first-order valence-corrected chi connectivity index (χ1v) is 35.9. The van der Waals surface area contributed by atoms with Crippen molar-refractivity contribution in [2.24, 2.45) is 0 Å². The number of phosphoric ester groups is 2. The quantitative estimate of drug-likeness (QED) is 0.0160. The van der Waals surface area contributed by atoms with E-state index < -0.39 is 84.6 Å². The molecule has 0 saturated heterocycles. The Kier molecular flexibility index (Phi) is 56.2. The second kappa shape index (κ2) is 57.7. The van der Waals surface area contributed by atoms with Crippen molar-refractivity contribution in [3.8, 4) is 0 Å². The van der Waals surface area contributed by atoms with Crippen molar-refractivity contribution in [2.45, 2.75) is 302 Å². The summed E-state index contributed by atoms with van der Waals surface area (Å²) in [5.74, 6) is -1.93. The van der Waals surface area contributed by atoms with Gasteiger partial charge in [-0.1, -0.05) is 220 Å². The van der Waals surface area contributed by atoms with E-state index in [1.54, 1.807) is 0 Å². The van der Waals surface area contributed by atoms with Gasteiger partial charge in [-0.25, -0.2) is 9.13 Å². The molecule has 0 saturated carbocycles. The summed E-state index contributed by atoms with van der Waals surface area (Å²) < 4.78 is 57.7. The van der Waals surface area contributed by atoms with Crippen molar-refractivity contribution in [1.82, 2.24) is 21.3 Å². The van der Waals surface area contributed by atoms with Gasteiger partial charge in [0, 0.05) is 39.1 Å². The van der Waals surface area contributed by atoms with E-state index >= 15 is 0 Å². The highest BCUT2D eigenvalue weighted by Crippen LogP contribution is 2.43. The highest BCUT2D eigenvalue weighted by Gasteiger charge is 2.26. The van der Waals surface area contributed by atoms with E-state index in [1.165, 1.54) is 103 Å². The van der Waals surface area contributed by atoms with E-state index in [0.29, 0.717) is 38.5 Å². The smallest absolute Gasteiger partial charge is 0.393 e. The van der Waals surface area contributed by atoms with E-state index in [-0.39, 0.29) is 64.2 Å². The number of carbonyl (C=O) groups is 4. The molecule has 20 nitrogen and oxygen atoms in total. The molecule has 0 spiro atoms. The largest absolute Gasteiger partial charge is 0.472 e. The van der Waals surface area contributed by atoms with Crippen LogP contribution in [-0.2, 0) is 55.9 Å². The summed E-state index contributed by atoms with van der Waals surface area (Å²) in [5, 5.41) is 31.3. The van der Waals surface area contributed by atoms with Gasteiger partial charge in [0.25, 0.3) is 0 Å². The number of aliphatic hydroxyl groups excluding tert-OH is 2. The maximum atomic E-state index is 12.9. The van der Waals surface area contributed by atoms with Crippen molar-refractivity contribution < 1.29 is 75.9 Å². The third-order valence-corrected chi connectivity index (χ3v) is 16.4. The number of nitrogens with one attached hydrogen (secondary N) is 4. The Labute approximate surface area is 502 Å². The molecule has 0 aromatic rings. The average Bonchev–Trinajstić information content (AvgIpc) is 3.48. The lowest BCUT2D eigenvalue weighted by Crippen LogP contribution is -2.41. The van der Waals surface area contributed by atoms with Crippen molar-refractivity contribution in [3.63, 3.8) is 0 Å². The molecule has 0 heterocycles. The molecule has 22 heteroatoms. The minimum Gasteiger partial charge on any atom is -0.393 e. The molecular formula is C61H122N4O16P2. The molecule has 0 fully saturated rings. The fourth-order valence-electron chi connectivity index (χ4n) is 9.32. The molecule has 8 N–H and O–H groups in total. The minimum atomic E-state index is -4.66. The summed E-state index contributed by atoms with van der Waals surface area (Å²) in [6.45, 7) is 6.99. The summed E-state index contributed by atoms with van der Waals surface area (Å²) in [5.41, 5.74) is 0. The molecule has 2 unspecified atom stereocenters. The van der Waals surface area contributed by atoms with E-state index in [1.807, 2.05) is 0 Å². The molecule has 0 aliphatic rings. The maximum absolute atomic E-state index is 12.9. The Morgan fingerprint density at radius 3 is 0.964 bits per heavy atom. The van der Waals surface area contributed by atoms with Gasteiger partial charge in [-0.3, -0.25) is 37.3 Å². The normalized spacial score (nSPS) is 14.6. The summed E-state index contributed by atoms with van der Waals surface area (Å²) >= 11 is 0. The lowest BCUT2D eigenvalue weighted by atomic mass is 10.1. The SMILES string of the molecule is CCCCCCCCCCCCCC(=O)N[C@@H](COCC[C@H](O)CCCCCCC)COP(=O)(O)OCCNC(=O)CC(=O)NCCOP(=O)(O)OC[C@H](COCC[C@H](O)CCCCCCC)NC(=O)CCCCCCCCCCCCC. The molecule has 0 aliphatic carbocycles. The Hall–Kier alpha value is -2.06. The Morgan fingerprint density at radius 2 is 0.651 bits per heavy atom. The first kappa shape index (κ1) is 80.9. The van der Waals surface area contributed by atoms with Crippen molar-refractivity contribution in [2.75, 3.05) is 65.9 Å². The molecule has 0 radical (unpaired) electrons. The van der Waals surface area contributed by atoms with Gasteiger partial charge in [-0.05, 0) is 38.5 Å². The zero-order valence-corrected chi connectivity index (χ0v) is 54.3. The molecule has 0 aromatic carbocycles. The van der Waals surface area contributed by atoms with Crippen LogP contribution in [0.3, 0.4) is 0 Å². The van der Waals surface area contributed by atoms with Crippen LogP contribution in [0, 0.1) is 0 Å². The van der Waals surface area contributed by atoms with Crippen LogP contribution in [0.2, 0.25) is 0 Å². The Bertz CT molecular complexity index is 1530. The molecule has 0 aromatic heterocycles. The highest BCUT2D eigenvalue weighted by atomic mass is 31.2. The summed E-state index contributed by atoms with van der Waals surface area (Å²) in [6, 6.07) is -1.55. The van der Waals surface area contributed by atoms with Gasteiger partial charge in [0.05, 0.1) is 63.9 Å².